The van der Waals surface area contributed by atoms with Gasteiger partial charge in [0.2, 0.25) is 5.88 Å². The van der Waals surface area contributed by atoms with Crippen LogP contribution in [0, 0.1) is 0 Å². The molecule has 0 saturated carbocycles. The van der Waals surface area contributed by atoms with Gasteiger partial charge >= 0.3 is 0 Å². The molecule has 0 aliphatic carbocycles. The molecular weight excluding hydrogens is 408 g/mol. The molecule has 0 aliphatic heterocycles. The fraction of sp³-hybridized carbons (Fsp3) is 0.174. The number of anilines is 1. The second-order valence-electron chi connectivity index (χ2n) is 6.80. The number of aromatic nitrogens is 5. The van der Waals surface area contributed by atoms with E-state index in [1.54, 1.807) is 35.1 Å². The van der Waals surface area contributed by atoms with E-state index in [-0.39, 0.29) is 5.91 Å². The molecule has 0 fully saturated rings. The molecule has 4 aromatic rings. The van der Waals surface area contributed by atoms with Gasteiger partial charge in [0.05, 0.1) is 30.3 Å². The van der Waals surface area contributed by atoms with Crippen LogP contribution in [-0.4, -0.2) is 38.0 Å². The highest BCUT2D eigenvalue weighted by Gasteiger charge is 2.18. The zero-order valence-electron chi connectivity index (χ0n) is 17.7. The fourth-order valence-corrected chi connectivity index (χ4v) is 3.14. The molecule has 0 saturated heterocycles. The van der Waals surface area contributed by atoms with Gasteiger partial charge in [-0.25, -0.2) is 4.68 Å². The Morgan fingerprint density at radius 1 is 1.09 bits per heavy atom. The van der Waals surface area contributed by atoms with E-state index in [2.05, 4.69) is 25.6 Å². The Morgan fingerprint density at radius 3 is 2.72 bits per heavy atom. The summed E-state index contributed by atoms with van der Waals surface area (Å²) in [6, 6.07) is 16.3. The maximum absolute atomic E-state index is 13.0. The second-order valence-corrected chi connectivity index (χ2v) is 6.80. The number of ether oxygens (including phenoxy) is 2. The molecule has 0 radical (unpaired) electrons. The summed E-state index contributed by atoms with van der Waals surface area (Å²) in [7, 11) is 1.52. The number of rotatable bonds is 8. The molecule has 0 atom stereocenters. The Bertz CT molecular complexity index is 1190. The van der Waals surface area contributed by atoms with Crippen molar-refractivity contribution < 1.29 is 14.3 Å². The Kier molecular flexibility index (Phi) is 6.35. The SMILES string of the molecule is CCc1c(C(=O)Nc2cccc(OCc3ccccn3)c2)cnn1-c1ccc(OC)nn1. The maximum atomic E-state index is 13.0. The van der Waals surface area contributed by atoms with E-state index in [1.807, 2.05) is 37.3 Å². The molecule has 162 valence electrons. The van der Waals surface area contributed by atoms with Crippen molar-refractivity contribution in [3.05, 3.63) is 83.9 Å². The minimum absolute atomic E-state index is 0.267. The molecule has 1 amide bonds. The van der Waals surface area contributed by atoms with Crippen molar-refractivity contribution in [1.82, 2.24) is 25.0 Å². The van der Waals surface area contributed by atoms with Crippen molar-refractivity contribution in [2.45, 2.75) is 20.0 Å². The van der Waals surface area contributed by atoms with Crippen molar-refractivity contribution in [3.8, 4) is 17.4 Å². The highest BCUT2D eigenvalue weighted by Crippen LogP contribution is 2.21. The van der Waals surface area contributed by atoms with Gasteiger partial charge in [-0.2, -0.15) is 5.10 Å². The Hall–Kier alpha value is -4.27. The van der Waals surface area contributed by atoms with E-state index in [0.717, 1.165) is 11.4 Å². The van der Waals surface area contributed by atoms with Gasteiger partial charge in [-0.15, -0.1) is 10.2 Å². The van der Waals surface area contributed by atoms with Gasteiger partial charge in [0, 0.05) is 24.0 Å². The predicted molar refractivity (Wildman–Crippen MR) is 118 cm³/mol. The molecule has 3 aromatic heterocycles. The molecule has 9 heteroatoms. The first-order valence-electron chi connectivity index (χ1n) is 10.1. The molecule has 3 heterocycles. The Morgan fingerprint density at radius 2 is 2.00 bits per heavy atom. The quantitative estimate of drug-likeness (QED) is 0.456. The summed E-state index contributed by atoms with van der Waals surface area (Å²) in [5.41, 5.74) is 2.63. The van der Waals surface area contributed by atoms with E-state index in [0.29, 0.717) is 41.7 Å². The van der Waals surface area contributed by atoms with Gasteiger partial charge in [-0.05, 0) is 36.8 Å². The van der Waals surface area contributed by atoms with Gasteiger partial charge in [0.15, 0.2) is 5.82 Å². The third kappa shape index (κ3) is 4.72. The third-order valence-corrected chi connectivity index (χ3v) is 4.71. The summed E-state index contributed by atoms with van der Waals surface area (Å²) in [5.74, 6) is 1.28. The van der Waals surface area contributed by atoms with Gasteiger partial charge in [0.25, 0.3) is 5.91 Å². The van der Waals surface area contributed by atoms with Crippen molar-refractivity contribution in [1.29, 1.82) is 0 Å². The van der Waals surface area contributed by atoms with E-state index >= 15 is 0 Å². The standard InChI is InChI=1S/C23H22N6O3/c1-3-20-19(14-25-29(20)21-10-11-22(31-2)28-27-21)23(30)26-16-8-6-9-18(13-16)32-15-17-7-4-5-12-24-17/h4-14H,3,15H2,1-2H3,(H,26,30). The number of nitrogens with one attached hydrogen (secondary N) is 1. The molecule has 0 bridgehead atoms. The molecule has 32 heavy (non-hydrogen) atoms. The third-order valence-electron chi connectivity index (χ3n) is 4.71. The van der Waals surface area contributed by atoms with Crippen LogP contribution in [0.5, 0.6) is 11.6 Å². The molecule has 9 nitrogen and oxygen atoms in total. The number of benzene rings is 1. The van der Waals surface area contributed by atoms with Gasteiger partial charge < -0.3 is 14.8 Å². The topological polar surface area (TPSA) is 104 Å². The van der Waals surface area contributed by atoms with Crippen molar-refractivity contribution in [2.75, 3.05) is 12.4 Å². The van der Waals surface area contributed by atoms with Crippen LogP contribution >= 0.6 is 0 Å². The number of amides is 1. The summed E-state index contributed by atoms with van der Waals surface area (Å²) in [4.78, 5) is 17.2. The van der Waals surface area contributed by atoms with Crippen LogP contribution < -0.4 is 14.8 Å². The number of methoxy groups -OCH3 is 1. The number of pyridine rings is 1. The Balaban J connectivity index is 1.48. The number of hydrogen-bond donors (Lipinski definition) is 1. The minimum atomic E-state index is -0.267. The van der Waals surface area contributed by atoms with Gasteiger partial charge in [-0.1, -0.05) is 19.1 Å². The zero-order valence-corrected chi connectivity index (χ0v) is 17.7. The van der Waals surface area contributed by atoms with Gasteiger partial charge in [0.1, 0.15) is 12.4 Å². The Labute approximate surface area is 185 Å². The van der Waals surface area contributed by atoms with Crippen LogP contribution in [-0.2, 0) is 13.0 Å². The number of carbonyl (C=O) groups is 1. The highest BCUT2D eigenvalue weighted by atomic mass is 16.5. The average molecular weight is 430 g/mol. The zero-order chi connectivity index (χ0) is 22.3. The summed E-state index contributed by atoms with van der Waals surface area (Å²) < 4.78 is 12.4. The summed E-state index contributed by atoms with van der Waals surface area (Å²) in [6.45, 7) is 2.29. The van der Waals surface area contributed by atoms with Crippen molar-refractivity contribution in [2.24, 2.45) is 0 Å². The molecular formula is C23H22N6O3. The first-order valence-corrected chi connectivity index (χ1v) is 10.1. The van der Waals surface area contributed by atoms with Crippen LogP contribution in [0.3, 0.4) is 0 Å². The largest absolute Gasteiger partial charge is 0.487 e. The minimum Gasteiger partial charge on any atom is -0.487 e. The summed E-state index contributed by atoms with van der Waals surface area (Å²) in [5, 5.41) is 15.3. The lowest BCUT2D eigenvalue weighted by Gasteiger charge is -2.10. The average Bonchev–Trinajstić information content (AvgIpc) is 3.28. The summed E-state index contributed by atoms with van der Waals surface area (Å²) >= 11 is 0. The first-order chi connectivity index (χ1) is 15.7. The maximum Gasteiger partial charge on any atom is 0.259 e. The number of hydrogen-bond acceptors (Lipinski definition) is 7. The lowest BCUT2D eigenvalue weighted by molar-refractivity contribution is 0.102. The smallest absolute Gasteiger partial charge is 0.259 e. The van der Waals surface area contributed by atoms with Crippen LogP contribution in [0.15, 0.2) is 67.0 Å². The van der Waals surface area contributed by atoms with E-state index in [9.17, 15) is 4.79 Å². The molecule has 1 aromatic carbocycles. The van der Waals surface area contributed by atoms with Crippen molar-refractivity contribution in [3.63, 3.8) is 0 Å². The lowest BCUT2D eigenvalue weighted by Crippen LogP contribution is -2.14. The van der Waals surface area contributed by atoms with Crippen LogP contribution in [0.4, 0.5) is 5.69 Å². The highest BCUT2D eigenvalue weighted by molar-refractivity contribution is 6.05. The summed E-state index contributed by atoms with van der Waals surface area (Å²) in [6.07, 6.45) is 3.84. The van der Waals surface area contributed by atoms with Crippen LogP contribution in [0.2, 0.25) is 0 Å². The monoisotopic (exact) mass is 430 g/mol. The fourth-order valence-electron chi connectivity index (χ4n) is 3.14. The van der Waals surface area contributed by atoms with E-state index in [4.69, 9.17) is 9.47 Å². The second kappa shape index (κ2) is 9.69. The normalized spacial score (nSPS) is 10.6. The van der Waals surface area contributed by atoms with E-state index in [1.165, 1.54) is 13.3 Å². The lowest BCUT2D eigenvalue weighted by atomic mass is 10.2. The first kappa shape index (κ1) is 21.0. The molecule has 0 aliphatic rings. The molecule has 4 rings (SSSR count). The van der Waals surface area contributed by atoms with Crippen molar-refractivity contribution >= 4 is 11.6 Å². The molecule has 0 unspecified atom stereocenters. The van der Waals surface area contributed by atoms with Gasteiger partial charge in [-0.3, -0.25) is 9.78 Å². The van der Waals surface area contributed by atoms with E-state index < -0.39 is 0 Å². The van der Waals surface area contributed by atoms with Crippen LogP contribution in [0.1, 0.15) is 28.7 Å². The van der Waals surface area contributed by atoms with Crippen LogP contribution in [0.25, 0.3) is 5.82 Å². The molecule has 0 spiro atoms. The number of nitrogens with zero attached hydrogens (tertiary/aromatic N) is 5. The predicted octanol–water partition coefficient (Wildman–Crippen LogP) is 3.46. The number of carbonyl (C=O) groups excluding carboxylic acids is 1. The molecule has 1 N–H and O–H groups in total.